The second-order valence-electron chi connectivity index (χ2n) is 15.2. The van der Waals surface area contributed by atoms with Crippen LogP contribution in [0.2, 0.25) is 0 Å². The maximum Gasteiger partial charge on any atom is 0.164 e. The zero-order chi connectivity index (χ0) is 41.4. The minimum Gasteiger partial charge on any atom is -0.456 e. The minimum absolute atomic E-state index is 0.415. The van der Waals surface area contributed by atoms with E-state index in [2.05, 4.69) is 90.3 Å². The van der Waals surface area contributed by atoms with Crippen molar-refractivity contribution in [2.75, 3.05) is 0 Å². The molecule has 10 aromatic rings. The zero-order valence-electron chi connectivity index (χ0n) is 33.5. The van der Waals surface area contributed by atoms with Crippen molar-refractivity contribution < 1.29 is 4.42 Å². The third-order valence-electron chi connectivity index (χ3n) is 11.4. The van der Waals surface area contributed by atoms with E-state index in [-0.39, 0.29) is 0 Å². The molecule has 0 radical (unpaired) electrons. The Bertz CT molecular complexity index is 3370. The minimum atomic E-state index is 0.415. The van der Waals surface area contributed by atoms with E-state index in [4.69, 9.17) is 19.4 Å². The number of allylic oxidation sites excluding steroid dienone is 1. The molecule has 1 aliphatic rings. The highest BCUT2D eigenvalue weighted by Gasteiger charge is 2.24. The molecule has 11 rings (SSSR count). The topological polar surface area (TPSA) is 87.7 Å². The lowest BCUT2D eigenvalue weighted by Gasteiger charge is -2.26. The van der Waals surface area contributed by atoms with Crippen LogP contribution < -0.4 is 5.32 Å². The van der Waals surface area contributed by atoms with Gasteiger partial charge in [0.15, 0.2) is 17.5 Å². The number of aromatic nitrogens is 3. The molecule has 8 aromatic carbocycles. The number of nitrogens with one attached hydrogen (secondary N) is 2. The molecule has 0 atom stereocenters. The van der Waals surface area contributed by atoms with Crippen LogP contribution in [0.1, 0.15) is 27.8 Å². The molecule has 2 aromatic heterocycles. The zero-order valence-corrected chi connectivity index (χ0v) is 33.5. The smallest absolute Gasteiger partial charge is 0.164 e. The van der Waals surface area contributed by atoms with Gasteiger partial charge >= 0.3 is 0 Å². The van der Waals surface area contributed by atoms with E-state index >= 15 is 0 Å². The highest BCUT2D eigenvalue weighted by molar-refractivity contribution is 6.36. The van der Waals surface area contributed by atoms with Crippen LogP contribution in [0.3, 0.4) is 0 Å². The molecule has 0 aliphatic carbocycles. The molecule has 2 N–H and O–H groups in total. The van der Waals surface area contributed by atoms with Gasteiger partial charge in [0, 0.05) is 49.9 Å². The van der Waals surface area contributed by atoms with Crippen LogP contribution in [0.4, 0.5) is 0 Å². The number of furan rings is 1. The van der Waals surface area contributed by atoms with Crippen molar-refractivity contribution in [2.24, 2.45) is 0 Å². The fourth-order valence-corrected chi connectivity index (χ4v) is 8.35. The summed E-state index contributed by atoms with van der Waals surface area (Å²) >= 11 is 0. The number of hydrogen-bond acceptors (Lipinski definition) is 6. The van der Waals surface area contributed by atoms with Gasteiger partial charge in [0.25, 0.3) is 0 Å². The van der Waals surface area contributed by atoms with Crippen molar-refractivity contribution in [3.63, 3.8) is 0 Å². The molecule has 0 amide bonds. The van der Waals surface area contributed by atoms with Gasteiger partial charge in [-0.15, -0.1) is 0 Å². The van der Waals surface area contributed by atoms with Gasteiger partial charge in [-0.2, -0.15) is 0 Å². The van der Waals surface area contributed by atoms with Crippen LogP contribution in [-0.4, -0.2) is 20.7 Å². The Labute approximate surface area is 358 Å². The molecule has 0 unspecified atom stereocenters. The van der Waals surface area contributed by atoms with Gasteiger partial charge in [0.2, 0.25) is 0 Å². The van der Waals surface area contributed by atoms with Gasteiger partial charge in [-0.25, -0.2) is 15.0 Å². The quantitative estimate of drug-likeness (QED) is 0.150. The molecule has 62 heavy (non-hydrogen) atoms. The fraction of sp³-hybridized carbons (Fsp3) is 0. The summed E-state index contributed by atoms with van der Waals surface area (Å²) in [5.41, 5.74) is 14.4. The molecule has 0 bridgehead atoms. The predicted molar refractivity (Wildman–Crippen MR) is 253 cm³/mol. The number of rotatable bonds is 8. The summed E-state index contributed by atoms with van der Waals surface area (Å²) in [5, 5.41) is 15.7. The van der Waals surface area contributed by atoms with Gasteiger partial charge in [0.1, 0.15) is 11.2 Å². The first-order valence-electron chi connectivity index (χ1n) is 20.6. The second-order valence-corrected chi connectivity index (χ2v) is 15.2. The Morgan fingerprint density at radius 1 is 0.435 bits per heavy atom. The van der Waals surface area contributed by atoms with Crippen molar-refractivity contribution in [1.29, 1.82) is 5.41 Å². The molecular weight excluding hydrogens is 759 g/mol. The standard InChI is InChI=1S/C56H37N5O/c57-52(38-18-6-2-7-19-38)50(53-45-25-11-10-22-42(45)35-47(58-53)36-16-4-1-5-17-36)37-30-32-40(33-31-37)55-59-54(39-20-8-3-9-21-39)60-56(61-55)43-24-14-23-41(34-43)44-27-15-29-49-51(44)46-26-12-13-28-48(46)62-49/h1-35,57-58H/b53-50-,57-52?. The third-order valence-corrected chi connectivity index (χ3v) is 11.4. The molecule has 0 spiro atoms. The SMILES string of the molecule is N=C(/C(=C1\NC(c2ccccc2)=Cc2ccccc21)c1ccc(-c2nc(-c3ccccc3)nc(-c3cccc(-c4cccc5oc6ccccc6c45)c3)n2)cc1)c1ccccc1. The number of para-hydroxylation sites is 1. The van der Waals surface area contributed by atoms with Gasteiger partial charge < -0.3 is 9.73 Å². The van der Waals surface area contributed by atoms with Crippen LogP contribution in [0.15, 0.2) is 211 Å². The van der Waals surface area contributed by atoms with Crippen molar-refractivity contribution in [2.45, 2.75) is 0 Å². The Morgan fingerprint density at radius 3 is 1.74 bits per heavy atom. The lowest BCUT2D eigenvalue weighted by molar-refractivity contribution is 0.669. The summed E-state index contributed by atoms with van der Waals surface area (Å²) in [6.45, 7) is 0. The lowest BCUT2D eigenvalue weighted by atomic mass is 9.87. The van der Waals surface area contributed by atoms with E-state index in [0.29, 0.717) is 23.2 Å². The first-order chi connectivity index (χ1) is 30.6. The molecule has 292 valence electrons. The van der Waals surface area contributed by atoms with Crippen LogP contribution >= 0.6 is 0 Å². The third kappa shape index (κ3) is 6.76. The molecule has 6 nitrogen and oxygen atoms in total. The van der Waals surface area contributed by atoms with E-state index in [0.717, 1.165) is 94.5 Å². The average Bonchev–Trinajstić information content (AvgIpc) is 3.74. The molecule has 6 heteroatoms. The monoisotopic (exact) mass is 795 g/mol. The summed E-state index contributed by atoms with van der Waals surface area (Å²) in [5.74, 6) is 1.71. The van der Waals surface area contributed by atoms with Gasteiger partial charge in [0.05, 0.1) is 11.4 Å². The van der Waals surface area contributed by atoms with E-state index in [1.807, 2.05) is 127 Å². The first-order valence-corrected chi connectivity index (χ1v) is 20.6. The van der Waals surface area contributed by atoms with Crippen LogP contribution in [0.5, 0.6) is 0 Å². The summed E-state index contributed by atoms with van der Waals surface area (Å²) in [6.07, 6.45) is 2.18. The van der Waals surface area contributed by atoms with E-state index in [9.17, 15) is 5.41 Å². The Hall–Kier alpha value is -8.48. The summed E-state index contributed by atoms with van der Waals surface area (Å²) < 4.78 is 6.24. The van der Waals surface area contributed by atoms with E-state index in [1.165, 1.54) is 0 Å². The highest BCUT2D eigenvalue weighted by atomic mass is 16.3. The normalized spacial score (nSPS) is 13.0. The molecular formula is C56H37N5O. The Kier molecular flexibility index (Phi) is 9.21. The van der Waals surface area contributed by atoms with Crippen molar-refractivity contribution in [1.82, 2.24) is 20.3 Å². The molecule has 0 saturated carbocycles. The number of fused-ring (bicyclic) bond motifs is 4. The average molecular weight is 796 g/mol. The maximum absolute atomic E-state index is 9.74. The number of nitrogens with zero attached hydrogens (tertiary/aromatic N) is 3. The van der Waals surface area contributed by atoms with Crippen molar-refractivity contribution >= 4 is 50.7 Å². The first kappa shape index (κ1) is 36.6. The summed E-state index contributed by atoms with van der Waals surface area (Å²) in [7, 11) is 0. The fourth-order valence-electron chi connectivity index (χ4n) is 8.35. The van der Waals surface area contributed by atoms with Crippen molar-refractivity contribution in [3.05, 3.63) is 234 Å². The summed E-state index contributed by atoms with van der Waals surface area (Å²) in [4.78, 5) is 15.3. The van der Waals surface area contributed by atoms with Crippen molar-refractivity contribution in [3.8, 4) is 45.3 Å². The number of hydrogen-bond donors (Lipinski definition) is 2. The maximum atomic E-state index is 9.74. The highest BCUT2D eigenvalue weighted by Crippen LogP contribution is 2.39. The van der Waals surface area contributed by atoms with E-state index in [1.54, 1.807) is 0 Å². The second kappa shape index (κ2) is 15.6. The van der Waals surface area contributed by atoms with Crippen LogP contribution in [0, 0.1) is 5.41 Å². The largest absolute Gasteiger partial charge is 0.456 e. The van der Waals surface area contributed by atoms with Crippen LogP contribution in [0.25, 0.3) is 90.3 Å². The predicted octanol–water partition coefficient (Wildman–Crippen LogP) is 13.5. The Balaban J connectivity index is 1.04. The molecule has 0 fully saturated rings. The number of benzene rings is 8. The van der Waals surface area contributed by atoms with E-state index < -0.39 is 0 Å². The van der Waals surface area contributed by atoms with Gasteiger partial charge in [-0.05, 0) is 52.1 Å². The molecule has 1 aliphatic heterocycles. The van der Waals surface area contributed by atoms with Gasteiger partial charge in [-0.3, -0.25) is 5.41 Å². The molecule has 0 saturated heterocycles. The summed E-state index contributed by atoms with van der Waals surface area (Å²) in [6, 6.07) is 69.6. The lowest BCUT2D eigenvalue weighted by Crippen LogP contribution is -2.20. The van der Waals surface area contributed by atoms with Gasteiger partial charge in [-0.1, -0.05) is 188 Å². The molecule has 3 heterocycles. The Morgan fingerprint density at radius 2 is 0.984 bits per heavy atom. The van der Waals surface area contributed by atoms with Crippen LogP contribution in [-0.2, 0) is 0 Å².